The molecule has 5 aliphatic rings. The van der Waals surface area contributed by atoms with E-state index in [1.54, 1.807) is 0 Å². The summed E-state index contributed by atoms with van der Waals surface area (Å²) in [4.78, 5) is 5.09. The van der Waals surface area contributed by atoms with Crippen LogP contribution in [0.4, 0.5) is 34.1 Å². The van der Waals surface area contributed by atoms with Gasteiger partial charge in [-0.1, -0.05) is 245 Å². The Labute approximate surface area is 493 Å². The van der Waals surface area contributed by atoms with E-state index >= 15 is 0 Å². The highest BCUT2D eigenvalue weighted by Gasteiger charge is 2.60. The molecule has 12 aromatic rings. The van der Waals surface area contributed by atoms with Crippen LogP contribution in [0.2, 0.25) is 0 Å². The van der Waals surface area contributed by atoms with Crippen molar-refractivity contribution in [1.82, 2.24) is 0 Å². The molecule has 0 unspecified atom stereocenters. The van der Waals surface area contributed by atoms with Gasteiger partial charge in [0.2, 0.25) is 0 Å². The fourth-order valence-electron chi connectivity index (χ4n) is 16.6. The van der Waals surface area contributed by atoms with Crippen LogP contribution in [0.5, 0.6) is 0 Å². The Morgan fingerprint density at radius 1 is 0.226 bits per heavy atom. The Balaban J connectivity index is 0.909. The second-order valence-corrected chi connectivity index (χ2v) is 25.2. The molecule has 2 spiro atoms. The molecule has 12 aromatic carbocycles. The van der Waals surface area contributed by atoms with E-state index in [0.717, 1.165) is 22.7 Å². The van der Waals surface area contributed by atoms with Crippen molar-refractivity contribution in [3.05, 3.63) is 345 Å². The number of rotatable bonds is 6. The van der Waals surface area contributed by atoms with Crippen LogP contribution in [0.1, 0.15) is 106 Å². The first-order chi connectivity index (χ1) is 41.0. The number of benzene rings is 12. The van der Waals surface area contributed by atoms with Crippen molar-refractivity contribution in [3.63, 3.8) is 0 Å². The number of nitrogens with zero attached hydrogens (tertiary/aromatic N) is 2. The quantitative estimate of drug-likeness (QED) is 0.164. The van der Waals surface area contributed by atoms with E-state index in [2.05, 4.69) is 318 Å². The van der Waals surface area contributed by atoms with E-state index in [9.17, 15) is 0 Å². The monoisotopic (exact) mass is 1070 g/mol. The maximum absolute atomic E-state index is 2.54. The van der Waals surface area contributed by atoms with Gasteiger partial charge in [0.05, 0.1) is 22.2 Å². The molecule has 0 saturated heterocycles. The minimum Gasteiger partial charge on any atom is -0.310 e. The molecule has 17 rings (SSSR count). The lowest BCUT2D eigenvalue weighted by atomic mass is 9.52. The number of fused-ring (bicyclic) bond motifs is 22. The molecule has 0 fully saturated rings. The molecule has 84 heavy (non-hydrogen) atoms. The molecule has 0 heterocycles. The Kier molecular flexibility index (Phi) is 10.1. The van der Waals surface area contributed by atoms with Crippen molar-refractivity contribution in [3.8, 4) is 44.5 Å². The summed E-state index contributed by atoms with van der Waals surface area (Å²) in [7, 11) is 0. The third-order valence-corrected chi connectivity index (χ3v) is 20.3. The van der Waals surface area contributed by atoms with Gasteiger partial charge in [0.1, 0.15) is 0 Å². The summed E-state index contributed by atoms with van der Waals surface area (Å²) < 4.78 is 0. The maximum atomic E-state index is 2.54. The maximum Gasteiger partial charge on any atom is 0.0720 e. The predicted octanol–water partition coefficient (Wildman–Crippen LogP) is 20.9. The van der Waals surface area contributed by atoms with Crippen molar-refractivity contribution in [2.45, 2.75) is 63.2 Å². The number of aryl methyl sites for hydroxylation is 2. The molecule has 2 nitrogen and oxygen atoms in total. The second kappa shape index (κ2) is 17.4. The number of hydrogen-bond donors (Lipinski definition) is 0. The average molecular weight is 1080 g/mol. The van der Waals surface area contributed by atoms with E-state index in [-0.39, 0.29) is 10.8 Å². The molecule has 0 radical (unpaired) electrons. The highest BCUT2D eigenvalue weighted by Crippen LogP contribution is 2.70. The van der Waals surface area contributed by atoms with Crippen molar-refractivity contribution in [1.29, 1.82) is 0 Å². The zero-order chi connectivity index (χ0) is 56.4. The molecule has 2 heteroatoms. The van der Waals surface area contributed by atoms with Crippen LogP contribution >= 0.6 is 0 Å². The zero-order valence-electron chi connectivity index (χ0n) is 48.3. The number of hydrogen-bond acceptors (Lipinski definition) is 2. The first kappa shape index (κ1) is 48.9. The fourth-order valence-corrected chi connectivity index (χ4v) is 16.6. The Morgan fingerprint density at radius 3 is 0.881 bits per heavy atom. The molecule has 0 aliphatic heterocycles. The van der Waals surface area contributed by atoms with Crippen LogP contribution in [0.15, 0.2) is 267 Å². The van der Waals surface area contributed by atoms with Gasteiger partial charge in [0.15, 0.2) is 0 Å². The lowest BCUT2D eigenvalue weighted by Crippen LogP contribution is -2.43. The highest BCUT2D eigenvalue weighted by atomic mass is 15.2. The van der Waals surface area contributed by atoms with Gasteiger partial charge in [-0.15, -0.1) is 0 Å². The summed E-state index contributed by atoms with van der Waals surface area (Å²) in [5.74, 6) is 0. The Morgan fingerprint density at radius 2 is 0.512 bits per heavy atom. The van der Waals surface area contributed by atoms with Crippen molar-refractivity contribution in [2.75, 3.05) is 9.80 Å². The van der Waals surface area contributed by atoms with Crippen LogP contribution in [-0.2, 0) is 21.7 Å². The molecule has 0 N–H and O–H groups in total. The SMILES string of the molecule is Cc1ccc(N(c2ccc3c(c2)C(C)(C)c2ccccc2-3)c2cccc3c2-c2ccccc2C32c3ccccc3C3(c4ccccc4-c4c(N(c5ccc(C)cc5)c5ccc6c(c5)C(C)(C)c5ccccc5-6)cccc43)c3ccccc32)cc1. The predicted molar refractivity (Wildman–Crippen MR) is 349 cm³/mol. The summed E-state index contributed by atoms with van der Waals surface area (Å²) in [6.07, 6.45) is 0. The normalized spacial score (nSPS) is 17.7. The summed E-state index contributed by atoms with van der Waals surface area (Å²) in [5, 5.41) is 0. The molecule has 5 aliphatic carbocycles. The first-order valence-corrected chi connectivity index (χ1v) is 29.9. The van der Waals surface area contributed by atoms with Crippen LogP contribution in [-0.4, -0.2) is 0 Å². The molecular formula is C82H62N2. The van der Waals surface area contributed by atoms with Gasteiger partial charge in [-0.05, 0) is 175 Å². The lowest BCUT2D eigenvalue weighted by Gasteiger charge is -2.49. The van der Waals surface area contributed by atoms with Gasteiger partial charge in [-0.2, -0.15) is 0 Å². The van der Waals surface area contributed by atoms with Crippen molar-refractivity contribution in [2.24, 2.45) is 0 Å². The minimum atomic E-state index is -0.668. The second-order valence-electron chi connectivity index (χ2n) is 25.2. The molecular weight excluding hydrogens is 1010 g/mol. The first-order valence-electron chi connectivity index (χ1n) is 29.9. The summed E-state index contributed by atoms with van der Waals surface area (Å²) >= 11 is 0. The number of anilines is 6. The van der Waals surface area contributed by atoms with Gasteiger partial charge in [-0.3, -0.25) is 0 Å². The van der Waals surface area contributed by atoms with Gasteiger partial charge < -0.3 is 9.80 Å². The van der Waals surface area contributed by atoms with Crippen molar-refractivity contribution >= 4 is 34.1 Å². The van der Waals surface area contributed by atoms with Crippen LogP contribution in [0, 0.1) is 13.8 Å². The molecule has 0 aromatic heterocycles. The summed E-state index contributed by atoms with van der Waals surface area (Å²) in [5.41, 5.74) is 34.0. The molecule has 0 atom stereocenters. The summed E-state index contributed by atoms with van der Waals surface area (Å²) in [6.45, 7) is 13.9. The third-order valence-electron chi connectivity index (χ3n) is 20.3. The molecule has 0 amide bonds. The Hall–Kier alpha value is -9.76. The minimum absolute atomic E-state index is 0.162. The van der Waals surface area contributed by atoms with Crippen LogP contribution < -0.4 is 9.80 Å². The van der Waals surface area contributed by atoms with Gasteiger partial charge in [0.25, 0.3) is 0 Å². The highest BCUT2D eigenvalue weighted by molar-refractivity contribution is 6.03. The van der Waals surface area contributed by atoms with Crippen molar-refractivity contribution < 1.29 is 0 Å². The van der Waals surface area contributed by atoms with E-state index in [0.29, 0.717) is 0 Å². The standard InChI is InChI=1S/C82H62N2/c1-51-37-41-53(42-38-51)83(55-45-47-59-57-21-7-11-25-63(57)79(3,4)73(59)49-55)75-35-19-33-71-77(75)61-23-9-13-27-65(61)81(71)67-29-15-17-31-69(67)82(70-32-18-16-30-68(70)81)66-28-14-10-24-62(66)78-72(82)34-20-36-76(78)84(54-43-39-52(2)40-44-54)56-46-48-60-58-22-8-12-26-64(58)80(5,6)74(60)50-56/h7-50H,1-6H3. The van der Waals surface area contributed by atoms with Gasteiger partial charge in [0, 0.05) is 44.7 Å². The lowest BCUT2D eigenvalue weighted by molar-refractivity contribution is 0.633. The zero-order valence-corrected chi connectivity index (χ0v) is 48.3. The van der Waals surface area contributed by atoms with E-state index < -0.39 is 10.8 Å². The average Bonchev–Trinajstić information content (AvgIpc) is 1.44. The van der Waals surface area contributed by atoms with Gasteiger partial charge >= 0.3 is 0 Å². The Bertz CT molecular complexity index is 4410. The van der Waals surface area contributed by atoms with Gasteiger partial charge in [-0.25, -0.2) is 0 Å². The van der Waals surface area contributed by atoms with E-state index in [1.165, 1.54) is 134 Å². The topological polar surface area (TPSA) is 6.48 Å². The molecule has 400 valence electrons. The third kappa shape index (κ3) is 6.25. The largest absolute Gasteiger partial charge is 0.310 e. The smallest absolute Gasteiger partial charge is 0.0720 e. The van der Waals surface area contributed by atoms with E-state index in [4.69, 9.17) is 0 Å². The summed E-state index contributed by atoms with van der Waals surface area (Å²) in [6, 6.07) is 103. The molecule has 0 bridgehead atoms. The fraction of sp³-hybridized carbons (Fsp3) is 0.122. The van der Waals surface area contributed by atoms with E-state index in [1.807, 2.05) is 0 Å². The molecule has 0 saturated carbocycles. The van der Waals surface area contributed by atoms with Crippen LogP contribution in [0.25, 0.3) is 44.5 Å². The van der Waals surface area contributed by atoms with Crippen LogP contribution in [0.3, 0.4) is 0 Å².